The van der Waals surface area contributed by atoms with E-state index in [1.54, 1.807) is 31.1 Å². The molecule has 1 amide bonds. The summed E-state index contributed by atoms with van der Waals surface area (Å²) in [5.74, 6) is 0.640. The first-order valence-corrected chi connectivity index (χ1v) is 8.25. The standard InChI is InChI=1S/C18H29FN4O2.HI/c1-13(25-15-9-7-8-14(19)10-15)11-21-17(20-5)23(6)12-16(24)22-18(2,3)4;/h7-10,13H,11-12H2,1-6H3,(H,20,21)(H,22,24);1H. The Morgan fingerprint density at radius 2 is 2.04 bits per heavy atom. The number of aliphatic imine (C=N–C) groups is 1. The first-order chi connectivity index (χ1) is 11.6. The monoisotopic (exact) mass is 480 g/mol. The van der Waals surface area contributed by atoms with Crippen LogP contribution in [-0.2, 0) is 4.79 Å². The van der Waals surface area contributed by atoms with Crippen molar-refractivity contribution >= 4 is 35.8 Å². The number of halogens is 2. The van der Waals surface area contributed by atoms with Crippen LogP contribution in [0.25, 0.3) is 0 Å². The normalized spacial score (nSPS) is 12.7. The van der Waals surface area contributed by atoms with Gasteiger partial charge in [-0.3, -0.25) is 9.79 Å². The highest BCUT2D eigenvalue weighted by Gasteiger charge is 2.17. The molecule has 0 heterocycles. The van der Waals surface area contributed by atoms with Gasteiger partial charge in [-0.2, -0.15) is 0 Å². The lowest BCUT2D eigenvalue weighted by Crippen LogP contribution is -2.49. The number of nitrogens with zero attached hydrogens (tertiary/aromatic N) is 2. The second kappa shape index (κ2) is 11.2. The summed E-state index contributed by atoms with van der Waals surface area (Å²) < 4.78 is 18.8. The molecule has 0 spiro atoms. The topological polar surface area (TPSA) is 66.0 Å². The second-order valence-corrected chi connectivity index (χ2v) is 6.97. The highest BCUT2D eigenvalue weighted by Crippen LogP contribution is 2.13. The number of hydrogen-bond acceptors (Lipinski definition) is 3. The Morgan fingerprint density at radius 1 is 1.38 bits per heavy atom. The highest BCUT2D eigenvalue weighted by molar-refractivity contribution is 14.0. The molecule has 0 saturated heterocycles. The lowest BCUT2D eigenvalue weighted by atomic mass is 10.1. The van der Waals surface area contributed by atoms with E-state index in [1.165, 1.54) is 12.1 Å². The molecular formula is C18H30FIN4O2. The Labute approximate surface area is 172 Å². The van der Waals surface area contributed by atoms with Crippen molar-refractivity contribution in [2.75, 3.05) is 27.2 Å². The maximum absolute atomic E-state index is 13.2. The van der Waals surface area contributed by atoms with E-state index in [0.717, 1.165) is 0 Å². The van der Waals surface area contributed by atoms with Crippen LogP contribution in [0.2, 0.25) is 0 Å². The molecule has 1 unspecified atom stereocenters. The molecule has 2 N–H and O–H groups in total. The summed E-state index contributed by atoms with van der Waals surface area (Å²) in [6, 6.07) is 6.02. The predicted octanol–water partition coefficient (Wildman–Crippen LogP) is 2.63. The lowest BCUT2D eigenvalue weighted by molar-refractivity contribution is -0.122. The van der Waals surface area contributed by atoms with Gasteiger partial charge in [0.25, 0.3) is 0 Å². The van der Waals surface area contributed by atoms with Crippen molar-refractivity contribution in [2.45, 2.75) is 39.3 Å². The fourth-order valence-corrected chi connectivity index (χ4v) is 2.18. The molecule has 1 atom stereocenters. The van der Waals surface area contributed by atoms with E-state index in [-0.39, 0.29) is 53.9 Å². The van der Waals surface area contributed by atoms with Gasteiger partial charge in [0.05, 0.1) is 13.1 Å². The van der Waals surface area contributed by atoms with Gasteiger partial charge < -0.3 is 20.3 Å². The Balaban J connectivity index is 0.00000625. The van der Waals surface area contributed by atoms with Gasteiger partial charge in [0.1, 0.15) is 17.7 Å². The van der Waals surface area contributed by atoms with Crippen LogP contribution in [0, 0.1) is 5.82 Å². The minimum atomic E-state index is -0.335. The molecule has 0 bridgehead atoms. The molecule has 0 aliphatic rings. The molecular weight excluding hydrogens is 450 g/mol. The minimum Gasteiger partial charge on any atom is -0.489 e. The maximum Gasteiger partial charge on any atom is 0.240 e. The first kappa shape index (κ1) is 24.4. The van der Waals surface area contributed by atoms with E-state index >= 15 is 0 Å². The SMILES string of the molecule is CN=C(NCC(C)Oc1cccc(F)c1)N(C)CC(=O)NC(C)(C)C.I. The molecule has 8 heteroatoms. The fourth-order valence-electron chi connectivity index (χ4n) is 2.18. The van der Waals surface area contributed by atoms with Crippen LogP contribution in [0.5, 0.6) is 5.75 Å². The van der Waals surface area contributed by atoms with Crippen LogP contribution in [0.3, 0.4) is 0 Å². The van der Waals surface area contributed by atoms with Crippen LogP contribution in [0.15, 0.2) is 29.3 Å². The van der Waals surface area contributed by atoms with Gasteiger partial charge in [0, 0.05) is 25.7 Å². The molecule has 0 aliphatic carbocycles. The molecule has 0 fully saturated rings. The van der Waals surface area contributed by atoms with Gasteiger partial charge in [-0.1, -0.05) is 6.07 Å². The van der Waals surface area contributed by atoms with E-state index in [9.17, 15) is 9.18 Å². The summed E-state index contributed by atoms with van der Waals surface area (Å²) in [6.07, 6.45) is -0.199. The number of rotatable bonds is 6. The number of benzene rings is 1. The van der Waals surface area contributed by atoms with Gasteiger partial charge in [-0.05, 0) is 39.8 Å². The zero-order valence-corrected chi connectivity index (χ0v) is 18.6. The number of hydrogen-bond donors (Lipinski definition) is 2. The molecule has 0 aliphatic heterocycles. The van der Waals surface area contributed by atoms with Crippen molar-refractivity contribution in [3.8, 4) is 5.75 Å². The second-order valence-electron chi connectivity index (χ2n) is 6.97. The van der Waals surface area contributed by atoms with E-state index < -0.39 is 0 Å². The van der Waals surface area contributed by atoms with Crippen molar-refractivity contribution in [3.63, 3.8) is 0 Å². The molecule has 26 heavy (non-hydrogen) atoms. The minimum absolute atomic E-state index is 0. The number of nitrogens with one attached hydrogen (secondary N) is 2. The first-order valence-electron chi connectivity index (χ1n) is 8.25. The third kappa shape index (κ3) is 9.79. The maximum atomic E-state index is 13.2. The number of amides is 1. The van der Waals surface area contributed by atoms with Crippen LogP contribution in [-0.4, -0.2) is 55.6 Å². The number of guanidine groups is 1. The largest absolute Gasteiger partial charge is 0.489 e. The fraction of sp³-hybridized carbons (Fsp3) is 0.556. The Bertz CT molecular complexity index is 605. The van der Waals surface area contributed by atoms with Crippen molar-refractivity contribution in [1.82, 2.24) is 15.5 Å². The molecule has 6 nitrogen and oxygen atoms in total. The van der Waals surface area contributed by atoms with Crippen LogP contribution >= 0.6 is 24.0 Å². The molecule has 0 radical (unpaired) electrons. The smallest absolute Gasteiger partial charge is 0.240 e. The number of carbonyl (C=O) groups is 1. The molecule has 1 rings (SSSR count). The predicted molar refractivity (Wildman–Crippen MR) is 114 cm³/mol. The molecule has 1 aromatic carbocycles. The summed E-state index contributed by atoms with van der Waals surface area (Å²) in [6.45, 7) is 8.33. The summed E-state index contributed by atoms with van der Waals surface area (Å²) in [5, 5.41) is 6.06. The molecule has 0 aromatic heterocycles. The van der Waals surface area contributed by atoms with E-state index in [4.69, 9.17) is 4.74 Å². The van der Waals surface area contributed by atoms with E-state index in [0.29, 0.717) is 18.3 Å². The summed E-state index contributed by atoms with van der Waals surface area (Å²) in [4.78, 5) is 17.9. The van der Waals surface area contributed by atoms with Crippen molar-refractivity contribution in [2.24, 2.45) is 4.99 Å². The summed E-state index contributed by atoms with van der Waals surface area (Å²) >= 11 is 0. The Morgan fingerprint density at radius 3 is 2.58 bits per heavy atom. The van der Waals surface area contributed by atoms with Crippen LogP contribution in [0.1, 0.15) is 27.7 Å². The zero-order valence-electron chi connectivity index (χ0n) is 16.3. The van der Waals surface area contributed by atoms with Gasteiger partial charge in [0.2, 0.25) is 5.91 Å². The van der Waals surface area contributed by atoms with Crippen molar-refractivity contribution < 1.29 is 13.9 Å². The molecule has 148 valence electrons. The lowest BCUT2D eigenvalue weighted by Gasteiger charge is -2.26. The zero-order chi connectivity index (χ0) is 19.0. The Kier molecular flexibility index (Phi) is 10.5. The molecule has 0 saturated carbocycles. The summed E-state index contributed by atoms with van der Waals surface area (Å²) in [5.41, 5.74) is -0.276. The van der Waals surface area contributed by atoms with Gasteiger partial charge in [0.15, 0.2) is 5.96 Å². The average molecular weight is 480 g/mol. The van der Waals surface area contributed by atoms with Gasteiger partial charge in [-0.15, -0.1) is 24.0 Å². The van der Waals surface area contributed by atoms with Gasteiger partial charge in [-0.25, -0.2) is 4.39 Å². The van der Waals surface area contributed by atoms with Gasteiger partial charge >= 0.3 is 0 Å². The highest BCUT2D eigenvalue weighted by atomic mass is 127. The average Bonchev–Trinajstić information content (AvgIpc) is 2.45. The van der Waals surface area contributed by atoms with E-state index in [2.05, 4.69) is 15.6 Å². The quantitative estimate of drug-likeness (QED) is 0.374. The molecule has 1 aromatic rings. The number of carbonyl (C=O) groups excluding carboxylic acids is 1. The summed E-state index contributed by atoms with van der Waals surface area (Å²) in [7, 11) is 3.44. The third-order valence-electron chi connectivity index (χ3n) is 3.15. The number of ether oxygens (including phenoxy) is 1. The third-order valence-corrected chi connectivity index (χ3v) is 3.15. The van der Waals surface area contributed by atoms with Crippen molar-refractivity contribution in [1.29, 1.82) is 0 Å². The van der Waals surface area contributed by atoms with Crippen LogP contribution in [0.4, 0.5) is 4.39 Å². The van der Waals surface area contributed by atoms with E-state index in [1.807, 2.05) is 27.7 Å². The van der Waals surface area contributed by atoms with Crippen molar-refractivity contribution in [3.05, 3.63) is 30.1 Å². The Hall–Kier alpha value is -1.58. The number of likely N-dealkylation sites (N-methyl/N-ethyl adjacent to an activating group) is 1. The van der Waals surface area contributed by atoms with Crippen LogP contribution < -0.4 is 15.4 Å².